The van der Waals surface area contributed by atoms with Gasteiger partial charge in [-0.1, -0.05) is 18.2 Å². The summed E-state index contributed by atoms with van der Waals surface area (Å²) in [5.41, 5.74) is 10.2. The number of ether oxygens (including phenoxy) is 1. The van der Waals surface area contributed by atoms with Gasteiger partial charge in [0.05, 0.1) is 18.8 Å². The topological polar surface area (TPSA) is 77.5 Å². The Morgan fingerprint density at radius 3 is 2.57 bits per heavy atom. The van der Waals surface area contributed by atoms with Gasteiger partial charge in [-0.2, -0.15) is 5.10 Å². The molecule has 0 unspecified atom stereocenters. The number of aliphatic imine (C=N–C) groups is 1. The van der Waals surface area contributed by atoms with Crippen LogP contribution in [0.1, 0.15) is 19.4 Å². The number of guanidine groups is 1. The van der Waals surface area contributed by atoms with E-state index in [2.05, 4.69) is 27.5 Å². The van der Waals surface area contributed by atoms with Crippen LogP contribution in [-0.2, 0) is 13.6 Å². The van der Waals surface area contributed by atoms with Crippen molar-refractivity contribution in [3.63, 3.8) is 0 Å². The molecule has 2 aromatic carbocycles. The fourth-order valence-corrected chi connectivity index (χ4v) is 2.67. The first-order valence-corrected chi connectivity index (χ1v) is 8.91. The number of aromatic nitrogens is 2. The van der Waals surface area contributed by atoms with Crippen LogP contribution >= 0.6 is 24.0 Å². The van der Waals surface area contributed by atoms with E-state index in [-0.39, 0.29) is 30.1 Å². The van der Waals surface area contributed by atoms with E-state index in [0.29, 0.717) is 12.5 Å². The number of nitrogens with one attached hydrogen (secondary N) is 1. The SMILES string of the molecule is CC(C)Oc1ccc(NC(N)=NCc2cccc(-c3cnn(C)c3)c2)cc1.I. The first kappa shape index (κ1) is 21.7. The molecule has 0 saturated heterocycles. The molecule has 0 bridgehead atoms. The van der Waals surface area contributed by atoms with Crippen molar-refractivity contribution in [1.29, 1.82) is 0 Å². The van der Waals surface area contributed by atoms with Gasteiger partial charge in [-0.15, -0.1) is 24.0 Å². The van der Waals surface area contributed by atoms with E-state index in [1.165, 1.54) is 0 Å². The van der Waals surface area contributed by atoms with Crippen LogP contribution < -0.4 is 15.8 Å². The van der Waals surface area contributed by atoms with Gasteiger partial charge in [0.15, 0.2) is 5.96 Å². The van der Waals surface area contributed by atoms with E-state index in [1.54, 1.807) is 4.68 Å². The molecule has 3 rings (SSSR count). The maximum absolute atomic E-state index is 6.02. The fourth-order valence-electron chi connectivity index (χ4n) is 2.67. The molecule has 1 heterocycles. The van der Waals surface area contributed by atoms with Crippen LogP contribution in [0.2, 0.25) is 0 Å². The third-order valence-corrected chi connectivity index (χ3v) is 3.90. The van der Waals surface area contributed by atoms with Crippen molar-refractivity contribution >= 4 is 35.6 Å². The van der Waals surface area contributed by atoms with Crippen LogP contribution in [0.15, 0.2) is 65.9 Å². The molecule has 0 aliphatic carbocycles. The highest BCUT2D eigenvalue weighted by Gasteiger charge is 2.02. The van der Waals surface area contributed by atoms with Crippen molar-refractivity contribution in [2.45, 2.75) is 26.5 Å². The molecule has 0 atom stereocenters. The molecular formula is C21H26IN5O. The fraction of sp³-hybridized carbons (Fsp3) is 0.238. The average Bonchev–Trinajstić information content (AvgIpc) is 3.08. The molecule has 6 nitrogen and oxygen atoms in total. The molecule has 0 aliphatic heterocycles. The second-order valence-electron chi connectivity index (χ2n) is 6.62. The lowest BCUT2D eigenvalue weighted by molar-refractivity contribution is 0.242. The molecule has 0 amide bonds. The average molecular weight is 491 g/mol. The number of hydrogen-bond donors (Lipinski definition) is 2. The number of aryl methyl sites for hydroxylation is 1. The highest BCUT2D eigenvalue weighted by Crippen LogP contribution is 2.20. The van der Waals surface area contributed by atoms with E-state index in [9.17, 15) is 0 Å². The predicted molar refractivity (Wildman–Crippen MR) is 125 cm³/mol. The van der Waals surface area contributed by atoms with Gasteiger partial charge in [-0.25, -0.2) is 4.99 Å². The van der Waals surface area contributed by atoms with Crippen LogP contribution in [0.3, 0.4) is 0 Å². The largest absolute Gasteiger partial charge is 0.491 e. The number of hydrogen-bond acceptors (Lipinski definition) is 3. The van der Waals surface area contributed by atoms with E-state index in [1.807, 2.05) is 69.7 Å². The van der Waals surface area contributed by atoms with Crippen LogP contribution in [0.4, 0.5) is 5.69 Å². The lowest BCUT2D eigenvalue weighted by atomic mass is 10.1. The second kappa shape index (κ2) is 10.1. The Balaban J connectivity index is 0.00000280. The van der Waals surface area contributed by atoms with Gasteiger partial charge >= 0.3 is 0 Å². The number of nitrogens with zero attached hydrogens (tertiary/aromatic N) is 3. The number of anilines is 1. The number of benzene rings is 2. The predicted octanol–water partition coefficient (Wildman–Crippen LogP) is 4.42. The Morgan fingerprint density at radius 1 is 1.18 bits per heavy atom. The van der Waals surface area contributed by atoms with Crippen LogP contribution in [-0.4, -0.2) is 21.8 Å². The molecule has 7 heteroatoms. The zero-order valence-corrected chi connectivity index (χ0v) is 18.6. The molecule has 1 aromatic heterocycles. The Morgan fingerprint density at radius 2 is 1.93 bits per heavy atom. The number of nitrogens with two attached hydrogens (primary N) is 1. The van der Waals surface area contributed by atoms with Crippen molar-refractivity contribution in [2.75, 3.05) is 5.32 Å². The van der Waals surface area contributed by atoms with Crippen LogP contribution in [0.5, 0.6) is 5.75 Å². The highest BCUT2D eigenvalue weighted by atomic mass is 127. The quantitative estimate of drug-likeness (QED) is 0.304. The Kier molecular flexibility index (Phi) is 7.86. The molecule has 0 radical (unpaired) electrons. The van der Waals surface area contributed by atoms with Gasteiger partial charge in [0.2, 0.25) is 0 Å². The standard InChI is InChI=1S/C21H25N5O.HI/c1-15(2)27-20-9-7-19(8-10-20)25-21(22)23-12-16-5-4-6-17(11-16)18-13-24-26(3)14-18;/h4-11,13-15H,12H2,1-3H3,(H3,22,23,25);1H. The van der Waals surface area contributed by atoms with Crippen molar-refractivity contribution in [1.82, 2.24) is 9.78 Å². The Bertz CT molecular complexity index is 919. The zero-order valence-electron chi connectivity index (χ0n) is 16.3. The molecule has 0 spiro atoms. The summed E-state index contributed by atoms with van der Waals surface area (Å²) in [7, 11) is 1.91. The maximum atomic E-state index is 6.02. The van der Waals surface area contributed by atoms with Gasteiger partial charge in [0.1, 0.15) is 5.75 Å². The monoisotopic (exact) mass is 491 g/mol. The minimum Gasteiger partial charge on any atom is -0.491 e. The maximum Gasteiger partial charge on any atom is 0.193 e. The summed E-state index contributed by atoms with van der Waals surface area (Å²) in [6.07, 6.45) is 3.99. The first-order chi connectivity index (χ1) is 13.0. The highest BCUT2D eigenvalue weighted by molar-refractivity contribution is 14.0. The van der Waals surface area contributed by atoms with Crippen LogP contribution in [0, 0.1) is 0 Å². The summed E-state index contributed by atoms with van der Waals surface area (Å²) < 4.78 is 7.42. The Labute approximate surface area is 182 Å². The van der Waals surface area contributed by atoms with Crippen molar-refractivity contribution in [3.8, 4) is 16.9 Å². The minimum atomic E-state index is 0. The summed E-state index contributed by atoms with van der Waals surface area (Å²) in [5.74, 6) is 1.21. The zero-order chi connectivity index (χ0) is 19.2. The summed E-state index contributed by atoms with van der Waals surface area (Å²) in [6.45, 7) is 4.50. The summed E-state index contributed by atoms with van der Waals surface area (Å²) in [5, 5.41) is 7.32. The number of rotatable bonds is 6. The summed E-state index contributed by atoms with van der Waals surface area (Å²) in [6, 6.07) is 15.9. The van der Waals surface area contributed by atoms with Gasteiger partial charge in [0, 0.05) is 24.5 Å². The van der Waals surface area contributed by atoms with Gasteiger partial charge < -0.3 is 15.8 Å². The van der Waals surface area contributed by atoms with E-state index in [4.69, 9.17) is 10.5 Å². The summed E-state index contributed by atoms with van der Waals surface area (Å²) >= 11 is 0. The van der Waals surface area contributed by atoms with Crippen molar-refractivity contribution in [2.24, 2.45) is 17.8 Å². The molecule has 3 N–H and O–H groups in total. The van der Waals surface area contributed by atoms with Gasteiger partial charge in [-0.05, 0) is 55.3 Å². The molecule has 0 saturated carbocycles. The van der Waals surface area contributed by atoms with E-state index in [0.717, 1.165) is 28.1 Å². The molecule has 3 aromatic rings. The first-order valence-electron chi connectivity index (χ1n) is 8.91. The van der Waals surface area contributed by atoms with E-state index < -0.39 is 0 Å². The van der Waals surface area contributed by atoms with E-state index >= 15 is 0 Å². The van der Waals surface area contributed by atoms with Crippen molar-refractivity contribution in [3.05, 3.63) is 66.5 Å². The molecule has 0 aliphatic rings. The molecule has 28 heavy (non-hydrogen) atoms. The third kappa shape index (κ3) is 6.26. The van der Waals surface area contributed by atoms with Crippen LogP contribution in [0.25, 0.3) is 11.1 Å². The molecular weight excluding hydrogens is 465 g/mol. The Hall–Kier alpha value is -2.55. The summed E-state index contributed by atoms with van der Waals surface area (Å²) in [4.78, 5) is 4.43. The second-order valence-corrected chi connectivity index (χ2v) is 6.62. The third-order valence-electron chi connectivity index (χ3n) is 3.90. The van der Waals surface area contributed by atoms with Gasteiger partial charge in [0.25, 0.3) is 0 Å². The lowest BCUT2D eigenvalue weighted by Gasteiger charge is -2.11. The lowest BCUT2D eigenvalue weighted by Crippen LogP contribution is -2.22. The molecule has 0 fully saturated rings. The normalized spacial score (nSPS) is 11.2. The van der Waals surface area contributed by atoms with Gasteiger partial charge in [-0.3, -0.25) is 4.68 Å². The minimum absolute atomic E-state index is 0. The number of halogens is 1. The smallest absolute Gasteiger partial charge is 0.193 e. The molecule has 148 valence electrons. The van der Waals surface area contributed by atoms with Crippen molar-refractivity contribution < 1.29 is 4.74 Å².